The second-order valence-electron chi connectivity index (χ2n) is 5.21. The molecule has 124 valence electrons. The first kappa shape index (κ1) is 17.2. The summed E-state index contributed by atoms with van der Waals surface area (Å²) in [4.78, 5) is 14.5. The number of hydrogen-bond donors (Lipinski definition) is 0. The summed E-state index contributed by atoms with van der Waals surface area (Å²) in [6.07, 6.45) is 0. The van der Waals surface area contributed by atoms with Crippen LogP contribution >= 0.6 is 0 Å². The summed E-state index contributed by atoms with van der Waals surface area (Å²) in [7, 11) is 4.90. The van der Waals surface area contributed by atoms with Crippen LogP contribution in [0.1, 0.15) is 10.4 Å². The van der Waals surface area contributed by atoms with Crippen LogP contribution in [0.5, 0.6) is 5.75 Å². The number of methoxy groups -OCH3 is 3. The van der Waals surface area contributed by atoms with E-state index >= 15 is 0 Å². The zero-order valence-corrected chi connectivity index (χ0v) is 13.9. The van der Waals surface area contributed by atoms with Crippen molar-refractivity contribution in [1.29, 1.82) is 0 Å². The molecular weight excluding hydrogens is 294 g/mol. The van der Waals surface area contributed by atoms with Crippen molar-refractivity contribution < 1.29 is 19.0 Å². The molecule has 5 nitrogen and oxygen atoms in total. The summed E-state index contributed by atoms with van der Waals surface area (Å²) in [6, 6.07) is 11.5. The van der Waals surface area contributed by atoms with Gasteiger partial charge in [0.05, 0.1) is 20.3 Å². The maximum Gasteiger partial charge on any atom is 0.254 e. The summed E-state index contributed by atoms with van der Waals surface area (Å²) in [5.41, 5.74) is 0.662. The van der Waals surface area contributed by atoms with E-state index in [4.69, 9.17) is 14.2 Å². The van der Waals surface area contributed by atoms with Gasteiger partial charge in [0.1, 0.15) is 5.75 Å². The highest BCUT2D eigenvalue weighted by Crippen LogP contribution is 2.22. The molecule has 5 heteroatoms. The van der Waals surface area contributed by atoms with Crippen LogP contribution in [0.4, 0.5) is 0 Å². The molecule has 2 aromatic carbocycles. The first-order valence-corrected chi connectivity index (χ1v) is 7.54. The minimum atomic E-state index is -0.0168. The molecule has 0 unspecified atom stereocenters. The van der Waals surface area contributed by atoms with Gasteiger partial charge in [0.15, 0.2) is 0 Å². The fraction of sp³-hybridized carbons (Fsp3) is 0.389. The lowest BCUT2D eigenvalue weighted by Gasteiger charge is -2.22. The SMILES string of the molecule is COCCN(CCOC)C(=O)c1ccc2cc(OC)ccc2c1. The number of ether oxygens (including phenoxy) is 3. The smallest absolute Gasteiger partial charge is 0.254 e. The second-order valence-corrected chi connectivity index (χ2v) is 5.21. The van der Waals surface area contributed by atoms with Crippen molar-refractivity contribution in [2.75, 3.05) is 47.6 Å². The molecule has 2 aromatic rings. The Morgan fingerprint density at radius 3 is 2.13 bits per heavy atom. The van der Waals surface area contributed by atoms with Crippen molar-refractivity contribution in [3.63, 3.8) is 0 Å². The molecule has 0 atom stereocenters. The lowest BCUT2D eigenvalue weighted by molar-refractivity contribution is 0.0627. The van der Waals surface area contributed by atoms with Gasteiger partial charge in [-0.3, -0.25) is 4.79 Å². The molecule has 1 amide bonds. The van der Waals surface area contributed by atoms with Crippen molar-refractivity contribution >= 4 is 16.7 Å². The van der Waals surface area contributed by atoms with E-state index in [2.05, 4.69) is 0 Å². The Morgan fingerprint density at radius 2 is 1.52 bits per heavy atom. The van der Waals surface area contributed by atoms with Crippen LogP contribution < -0.4 is 4.74 Å². The minimum Gasteiger partial charge on any atom is -0.497 e. The Morgan fingerprint density at radius 1 is 0.913 bits per heavy atom. The van der Waals surface area contributed by atoms with Crippen LogP contribution in [0.15, 0.2) is 36.4 Å². The Balaban J connectivity index is 2.23. The summed E-state index contributed by atoms with van der Waals surface area (Å²) in [6.45, 7) is 2.08. The topological polar surface area (TPSA) is 48.0 Å². The van der Waals surface area contributed by atoms with Gasteiger partial charge in [-0.2, -0.15) is 0 Å². The van der Waals surface area contributed by atoms with Crippen LogP contribution in [0.2, 0.25) is 0 Å². The van der Waals surface area contributed by atoms with Gasteiger partial charge < -0.3 is 19.1 Å². The van der Waals surface area contributed by atoms with E-state index < -0.39 is 0 Å². The summed E-state index contributed by atoms with van der Waals surface area (Å²) in [5, 5.41) is 2.05. The van der Waals surface area contributed by atoms with Crippen molar-refractivity contribution in [3.05, 3.63) is 42.0 Å². The van der Waals surface area contributed by atoms with Crippen molar-refractivity contribution in [3.8, 4) is 5.75 Å². The van der Waals surface area contributed by atoms with Gasteiger partial charge in [0, 0.05) is 32.9 Å². The summed E-state index contributed by atoms with van der Waals surface area (Å²) in [5.74, 6) is 0.787. The van der Waals surface area contributed by atoms with E-state index in [1.165, 1.54) is 0 Å². The van der Waals surface area contributed by atoms with Crippen molar-refractivity contribution in [2.24, 2.45) is 0 Å². The highest BCUT2D eigenvalue weighted by atomic mass is 16.5. The molecule has 0 aliphatic heterocycles. The Kier molecular flexibility index (Phi) is 6.38. The molecule has 0 saturated heterocycles. The zero-order chi connectivity index (χ0) is 16.7. The van der Waals surface area contributed by atoms with Gasteiger partial charge in [0.25, 0.3) is 5.91 Å². The Labute approximate surface area is 136 Å². The zero-order valence-electron chi connectivity index (χ0n) is 13.9. The van der Waals surface area contributed by atoms with E-state index in [0.717, 1.165) is 16.5 Å². The lowest BCUT2D eigenvalue weighted by Crippen LogP contribution is -2.36. The Bertz CT molecular complexity index is 649. The molecule has 0 spiro atoms. The van der Waals surface area contributed by atoms with E-state index in [-0.39, 0.29) is 5.91 Å². The molecule has 2 rings (SSSR count). The third kappa shape index (κ3) is 4.43. The molecule has 0 aliphatic carbocycles. The van der Waals surface area contributed by atoms with Gasteiger partial charge in [-0.05, 0) is 35.0 Å². The fourth-order valence-corrected chi connectivity index (χ4v) is 2.38. The second kappa shape index (κ2) is 8.50. The maximum absolute atomic E-state index is 12.7. The molecule has 0 fully saturated rings. The minimum absolute atomic E-state index is 0.0168. The van der Waals surface area contributed by atoms with Crippen molar-refractivity contribution in [2.45, 2.75) is 0 Å². The van der Waals surface area contributed by atoms with Crippen LogP contribution in [0.3, 0.4) is 0 Å². The lowest BCUT2D eigenvalue weighted by atomic mass is 10.1. The number of hydrogen-bond acceptors (Lipinski definition) is 4. The molecule has 0 aliphatic rings. The van der Waals surface area contributed by atoms with E-state index in [0.29, 0.717) is 31.9 Å². The number of amides is 1. The largest absolute Gasteiger partial charge is 0.497 e. The molecule has 23 heavy (non-hydrogen) atoms. The van der Waals surface area contributed by atoms with E-state index in [1.54, 1.807) is 26.2 Å². The first-order chi connectivity index (χ1) is 11.2. The highest BCUT2D eigenvalue weighted by molar-refractivity contribution is 5.98. The molecule has 0 N–H and O–H groups in total. The predicted octanol–water partition coefficient (Wildman–Crippen LogP) is 2.58. The molecule has 0 aromatic heterocycles. The number of nitrogens with zero attached hydrogens (tertiary/aromatic N) is 1. The Hall–Kier alpha value is -2.11. The average molecular weight is 317 g/mol. The van der Waals surface area contributed by atoms with Gasteiger partial charge in [-0.25, -0.2) is 0 Å². The van der Waals surface area contributed by atoms with E-state index in [1.807, 2.05) is 36.4 Å². The van der Waals surface area contributed by atoms with Crippen molar-refractivity contribution in [1.82, 2.24) is 4.90 Å². The number of carbonyl (C=O) groups excluding carboxylic acids is 1. The van der Waals surface area contributed by atoms with Gasteiger partial charge in [-0.15, -0.1) is 0 Å². The van der Waals surface area contributed by atoms with Crippen LogP contribution in [0, 0.1) is 0 Å². The summed E-state index contributed by atoms with van der Waals surface area (Å²) >= 11 is 0. The van der Waals surface area contributed by atoms with Gasteiger partial charge in [0.2, 0.25) is 0 Å². The molecular formula is C18H23NO4. The standard InChI is InChI=1S/C18H23NO4/c1-21-10-8-19(9-11-22-2)18(20)16-5-4-15-13-17(23-3)7-6-14(15)12-16/h4-7,12-13H,8-11H2,1-3H3. The molecule has 0 saturated carbocycles. The molecule has 0 bridgehead atoms. The first-order valence-electron chi connectivity index (χ1n) is 7.54. The normalized spacial score (nSPS) is 10.7. The van der Waals surface area contributed by atoms with Gasteiger partial charge in [-0.1, -0.05) is 12.1 Å². The van der Waals surface area contributed by atoms with Crippen LogP contribution in [-0.4, -0.2) is 58.4 Å². The predicted molar refractivity (Wildman–Crippen MR) is 90.2 cm³/mol. The van der Waals surface area contributed by atoms with Gasteiger partial charge >= 0.3 is 0 Å². The average Bonchev–Trinajstić information content (AvgIpc) is 2.60. The highest BCUT2D eigenvalue weighted by Gasteiger charge is 2.15. The number of fused-ring (bicyclic) bond motifs is 1. The summed E-state index contributed by atoms with van der Waals surface area (Å²) < 4.78 is 15.4. The monoisotopic (exact) mass is 317 g/mol. The van der Waals surface area contributed by atoms with E-state index in [9.17, 15) is 4.79 Å². The fourth-order valence-electron chi connectivity index (χ4n) is 2.38. The number of rotatable bonds is 8. The van der Waals surface area contributed by atoms with Crippen LogP contribution in [0.25, 0.3) is 10.8 Å². The quantitative estimate of drug-likeness (QED) is 0.751. The third-order valence-electron chi connectivity index (χ3n) is 3.71. The van der Waals surface area contributed by atoms with Crippen LogP contribution in [-0.2, 0) is 9.47 Å². The third-order valence-corrected chi connectivity index (χ3v) is 3.71. The number of carbonyl (C=O) groups is 1. The molecule has 0 heterocycles. The molecule has 0 radical (unpaired) electrons. The number of benzene rings is 2. The maximum atomic E-state index is 12.7.